The molecule has 0 amide bonds. The summed E-state index contributed by atoms with van der Waals surface area (Å²) in [5, 5.41) is 6.58. The van der Waals surface area contributed by atoms with Crippen LogP contribution in [0.3, 0.4) is 0 Å². The van der Waals surface area contributed by atoms with Crippen molar-refractivity contribution in [2.24, 2.45) is 0 Å². The van der Waals surface area contributed by atoms with Crippen molar-refractivity contribution in [3.63, 3.8) is 0 Å². The van der Waals surface area contributed by atoms with E-state index in [-0.39, 0.29) is 5.75 Å². The molecule has 2 aromatic carbocycles. The molecule has 4 rings (SSSR count). The van der Waals surface area contributed by atoms with Gasteiger partial charge in [0.1, 0.15) is 11.6 Å². The van der Waals surface area contributed by atoms with E-state index in [1.807, 2.05) is 6.07 Å². The predicted molar refractivity (Wildman–Crippen MR) is 124 cm³/mol. The number of ether oxygens (including phenoxy) is 1. The molecule has 0 aliphatic carbocycles. The molecule has 0 saturated carbocycles. The first-order valence-corrected chi connectivity index (χ1v) is 10.6. The number of benzene rings is 2. The van der Waals surface area contributed by atoms with E-state index >= 15 is 0 Å². The van der Waals surface area contributed by atoms with Crippen LogP contribution in [0.4, 0.5) is 33.3 Å². The lowest BCUT2D eigenvalue weighted by Crippen LogP contribution is -2.30. The van der Waals surface area contributed by atoms with Gasteiger partial charge < -0.3 is 20.3 Å². The van der Waals surface area contributed by atoms with Crippen molar-refractivity contribution in [2.45, 2.75) is 33.1 Å². The second kappa shape index (κ2) is 9.20. The largest absolute Gasteiger partial charge is 0.494 e. The monoisotopic (exact) mass is 421 g/mol. The molecule has 2 heterocycles. The Kier molecular flexibility index (Phi) is 6.21. The molecule has 0 bridgehead atoms. The first-order chi connectivity index (χ1) is 15.0. The second-order valence-corrected chi connectivity index (χ2v) is 7.90. The first-order valence-electron chi connectivity index (χ1n) is 10.6. The summed E-state index contributed by atoms with van der Waals surface area (Å²) in [4.78, 5) is 11.6. The summed E-state index contributed by atoms with van der Waals surface area (Å²) in [5.41, 5.74) is 3.87. The van der Waals surface area contributed by atoms with Crippen molar-refractivity contribution in [1.29, 1.82) is 0 Å². The third-order valence-electron chi connectivity index (χ3n) is 5.46. The summed E-state index contributed by atoms with van der Waals surface area (Å²) < 4.78 is 19.2. The highest BCUT2D eigenvalue weighted by atomic mass is 19.1. The van der Waals surface area contributed by atoms with E-state index in [0.29, 0.717) is 17.5 Å². The molecule has 1 fully saturated rings. The molecule has 162 valence electrons. The fraction of sp³-hybridized carbons (Fsp3) is 0.333. The highest BCUT2D eigenvalue weighted by Gasteiger charge is 2.16. The van der Waals surface area contributed by atoms with E-state index in [1.165, 1.54) is 25.2 Å². The third kappa shape index (κ3) is 5.05. The number of nitrogens with one attached hydrogen (secondary N) is 2. The van der Waals surface area contributed by atoms with Gasteiger partial charge in [-0.25, -0.2) is 4.39 Å². The van der Waals surface area contributed by atoms with Crippen molar-refractivity contribution in [2.75, 3.05) is 35.7 Å². The third-order valence-corrected chi connectivity index (χ3v) is 5.46. The van der Waals surface area contributed by atoms with Gasteiger partial charge in [-0.1, -0.05) is 12.1 Å². The molecule has 0 spiro atoms. The van der Waals surface area contributed by atoms with Gasteiger partial charge in [0.25, 0.3) is 0 Å². The van der Waals surface area contributed by atoms with Crippen molar-refractivity contribution in [1.82, 2.24) is 9.97 Å². The zero-order valence-corrected chi connectivity index (χ0v) is 18.2. The summed E-state index contributed by atoms with van der Waals surface area (Å²) in [6.45, 7) is 6.07. The van der Waals surface area contributed by atoms with Gasteiger partial charge in [-0.15, -0.1) is 0 Å². The summed E-state index contributed by atoms with van der Waals surface area (Å²) in [7, 11) is 1.45. The Morgan fingerprint density at radius 1 is 0.935 bits per heavy atom. The van der Waals surface area contributed by atoms with Crippen LogP contribution < -0.4 is 20.3 Å². The Morgan fingerprint density at radius 2 is 1.74 bits per heavy atom. The highest BCUT2D eigenvalue weighted by Crippen LogP contribution is 2.28. The number of rotatable bonds is 6. The van der Waals surface area contributed by atoms with Gasteiger partial charge in [-0.2, -0.15) is 9.97 Å². The van der Waals surface area contributed by atoms with Crippen LogP contribution in [0.15, 0.2) is 42.5 Å². The van der Waals surface area contributed by atoms with Crippen molar-refractivity contribution >= 4 is 29.0 Å². The van der Waals surface area contributed by atoms with E-state index in [2.05, 4.69) is 52.6 Å². The molecule has 2 N–H and O–H groups in total. The smallest absolute Gasteiger partial charge is 0.231 e. The number of hydrogen-bond donors (Lipinski definition) is 2. The maximum absolute atomic E-state index is 14.1. The topological polar surface area (TPSA) is 62.3 Å². The molecule has 1 aromatic heterocycles. The number of halogens is 1. The Morgan fingerprint density at radius 3 is 2.48 bits per heavy atom. The second-order valence-electron chi connectivity index (χ2n) is 7.90. The lowest BCUT2D eigenvalue weighted by atomic mass is 10.1. The van der Waals surface area contributed by atoms with Crippen molar-refractivity contribution in [3.05, 3.63) is 59.4 Å². The molecule has 1 saturated heterocycles. The van der Waals surface area contributed by atoms with Gasteiger partial charge >= 0.3 is 0 Å². The minimum atomic E-state index is -0.437. The molecule has 7 heteroatoms. The number of hydrogen-bond acceptors (Lipinski definition) is 6. The first kappa shape index (κ1) is 20.9. The molecule has 3 aromatic rings. The van der Waals surface area contributed by atoms with E-state index in [9.17, 15) is 4.39 Å². The molecular weight excluding hydrogens is 393 g/mol. The lowest BCUT2D eigenvalue weighted by molar-refractivity contribution is 0.386. The standard InChI is InChI=1S/C24H28FN5O/c1-16-7-8-17(2)20(13-16)27-22-15-23(30-11-5-4-6-12-30)29-24(28-22)26-18-9-10-21(31-3)19(25)14-18/h7-10,13-15H,4-6,11-12H2,1-3H3,(H2,26,27,28,29). The summed E-state index contributed by atoms with van der Waals surface area (Å²) in [6.07, 6.45) is 3.54. The zero-order chi connectivity index (χ0) is 21.8. The van der Waals surface area contributed by atoms with Gasteiger partial charge in [-0.3, -0.25) is 0 Å². The van der Waals surface area contributed by atoms with Crippen molar-refractivity contribution in [3.8, 4) is 5.75 Å². The number of methoxy groups -OCH3 is 1. The van der Waals surface area contributed by atoms with Crippen LogP contribution in [0.25, 0.3) is 0 Å². The van der Waals surface area contributed by atoms with Gasteiger partial charge in [0.2, 0.25) is 5.95 Å². The van der Waals surface area contributed by atoms with E-state index < -0.39 is 5.82 Å². The fourth-order valence-corrected chi connectivity index (χ4v) is 3.72. The number of anilines is 5. The SMILES string of the molecule is COc1ccc(Nc2nc(Nc3cc(C)ccc3C)cc(N3CCCCC3)n2)cc1F. The molecule has 0 unspecified atom stereocenters. The molecule has 6 nitrogen and oxygen atoms in total. The Bertz CT molecular complexity index is 1070. The molecule has 1 aliphatic heterocycles. The van der Waals surface area contributed by atoms with Crippen LogP contribution in [-0.2, 0) is 0 Å². The predicted octanol–water partition coefficient (Wildman–Crippen LogP) is 5.72. The van der Waals surface area contributed by atoms with Crippen LogP contribution in [0.5, 0.6) is 5.75 Å². The number of nitrogens with zero attached hydrogens (tertiary/aromatic N) is 3. The lowest BCUT2D eigenvalue weighted by Gasteiger charge is -2.28. The summed E-state index contributed by atoms with van der Waals surface area (Å²) >= 11 is 0. The Labute approximate surface area is 182 Å². The average molecular weight is 422 g/mol. The van der Waals surface area contributed by atoms with E-state index in [0.717, 1.165) is 43.0 Å². The Hall–Kier alpha value is -3.35. The van der Waals surface area contributed by atoms with Crippen LogP contribution in [0, 0.1) is 19.7 Å². The molecule has 0 atom stereocenters. The number of piperidine rings is 1. The minimum absolute atomic E-state index is 0.200. The van der Waals surface area contributed by atoms with Gasteiger partial charge in [0.15, 0.2) is 11.6 Å². The highest BCUT2D eigenvalue weighted by molar-refractivity contribution is 5.66. The molecular formula is C24H28FN5O. The fourth-order valence-electron chi connectivity index (χ4n) is 3.72. The average Bonchev–Trinajstić information content (AvgIpc) is 2.77. The minimum Gasteiger partial charge on any atom is -0.494 e. The van der Waals surface area contributed by atoms with Crippen LogP contribution in [-0.4, -0.2) is 30.2 Å². The van der Waals surface area contributed by atoms with Crippen molar-refractivity contribution < 1.29 is 9.13 Å². The molecule has 31 heavy (non-hydrogen) atoms. The zero-order valence-electron chi connectivity index (χ0n) is 18.2. The number of aromatic nitrogens is 2. The Balaban J connectivity index is 1.67. The van der Waals surface area contributed by atoms with Gasteiger partial charge in [0, 0.05) is 36.6 Å². The van der Waals surface area contributed by atoms with Crippen LogP contribution >= 0.6 is 0 Å². The number of aryl methyl sites for hydroxylation is 2. The van der Waals surface area contributed by atoms with Gasteiger partial charge in [-0.05, 0) is 62.4 Å². The molecule has 0 radical (unpaired) electrons. The normalized spacial score (nSPS) is 13.7. The summed E-state index contributed by atoms with van der Waals surface area (Å²) in [5.74, 6) is 1.74. The summed E-state index contributed by atoms with van der Waals surface area (Å²) in [6, 6.07) is 13.0. The maximum Gasteiger partial charge on any atom is 0.231 e. The molecule has 1 aliphatic rings. The quantitative estimate of drug-likeness (QED) is 0.531. The van der Waals surface area contributed by atoms with Crippen LogP contribution in [0.2, 0.25) is 0 Å². The van der Waals surface area contributed by atoms with Crippen LogP contribution in [0.1, 0.15) is 30.4 Å². The van der Waals surface area contributed by atoms with E-state index in [4.69, 9.17) is 9.72 Å². The maximum atomic E-state index is 14.1. The van der Waals surface area contributed by atoms with Gasteiger partial charge in [0.05, 0.1) is 7.11 Å². The van der Waals surface area contributed by atoms with E-state index in [1.54, 1.807) is 12.1 Å².